The number of hydrogen-bond donors (Lipinski definition) is 2. The van der Waals surface area contributed by atoms with Gasteiger partial charge in [-0.15, -0.1) is 0 Å². The van der Waals surface area contributed by atoms with Crippen molar-refractivity contribution in [2.24, 2.45) is 16.6 Å². The van der Waals surface area contributed by atoms with Crippen LogP contribution in [0.15, 0.2) is 4.99 Å². The van der Waals surface area contributed by atoms with E-state index in [1.54, 1.807) is 0 Å². The molecule has 2 aliphatic heterocycles. The van der Waals surface area contributed by atoms with Gasteiger partial charge in [0.15, 0.2) is 5.96 Å². The topological polar surface area (TPSA) is 70.7 Å². The van der Waals surface area contributed by atoms with Gasteiger partial charge in [-0.25, -0.2) is 4.99 Å². The average molecular weight is 264 g/mol. The molecule has 1 aliphatic carbocycles. The van der Waals surface area contributed by atoms with Crippen molar-refractivity contribution in [3.63, 3.8) is 0 Å². The number of piperidine rings is 1. The average Bonchev–Trinajstić information content (AvgIpc) is 2.82. The molecule has 3 fully saturated rings. The van der Waals surface area contributed by atoms with Crippen LogP contribution >= 0.6 is 0 Å². The van der Waals surface area contributed by atoms with Crippen LogP contribution in [0.3, 0.4) is 0 Å². The minimum atomic E-state index is 0.119. The maximum Gasteiger partial charge on any atom is 0.225 e. The summed E-state index contributed by atoms with van der Waals surface area (Å²) in [7, 11) is 0. The van der Waals surface area contributed by atoms with Gasteiger partial charge in [-0.2, -0.15) is 0 Å². The normalized spacial score (nSPS) is 33.2. The van der Waals surface area contributed by atoms with Crippen LogP contribution in [0.4, 0.5) is 0 Å². The van der Waals surface area contributed by atoms with Crippen molar-refractivity contribution >= 4 is 11.9 Å². The van der Waals surface area contributed by atoms with Crippen molar-refractivity contribution in [2.75, 3.05) is 13.1 Å². The van der Waals surface area contributed by atoms with Gasteiger partial charge in [-0.3, -0.25) is 4.79 Å². The molecule has 2 saturated heterocycles. The first-order chi connectivity index (χ1) is 9.25. The third-order valence-electron chi connectivity index (χ3n) is 4.78. The maximum absolute atomic E-state index is 11.7. The van der Waals surface area contributed by atoms with E-state index in [-0.39, 0.29) is 17.9 Å². The summed E-state index contributed by atoms with van der Waals surface area (Å²) in [6.07, 6.45) is 8.23. The molecule has 106 valence electrons. The molecule has 3 N–H and O–H groups in total. The Labute approximate surface area is 114 Å². The number of guanidine groups is 1. The molecule has 3 rings (SSSR count). The zero-order valence-corrected chi connectivity index (χ0v) is 11.5. The summed E-state index contributed by atoms with van der Waals surface area (Å²) in [6.45, 7) is 1.67. The number of nitrogens with two attached hydrogens (primary N) is 1. The Morgan fingerprint density at radius 2 is 2.00 bits per heavy atom. The number of aliphatic imine (C=N–C) groups is 1. The van der Waals surface area contributed by atoms with Gasteiger partial charge in [0.25, 0.3) is 0 Å². The molecule has 2 atom stereocenters. The second kappa shape index (κ2) is 5.39. The molecule has 1 amide bonds. The number of carbonyl (C=O) groups excluding carboxylic acids is 1. The van der Waals surface area contributed by atoms with Crippen LogP contribution in [0.5, 0.6) is 0 Å². The van der Waals surface area contributed by atoms with Crippen molar-refractivity contribution in [3.8, 4) is 0 Å². The second-order valence-electron chi connectivity index (χ2n) is 6.03. The Kier molecular flexibility index (Phi) is 3.62. The van der Waals surface area contributed by atoms with Gasteiger partial charge in [0.1, 0.15) is 0 Å². The fraction of sp³-hybridized carbons (Fsp3) is 0.857. The molecular weight excluding hydrogens is 240 g/mol. The molecule has 5 nitrogen and oxygen atoms in total. The number of nitrogens with one attached hydrogen (secondary N) is 1. The SMILES string of the molecule is NC(=NC1CCCCC1)N1CCCC2C(=O)NCC21. The van der Waals surface area contributed by atoms with E-state index in [0.717, 1.165) is 25.9 Å². The zero-order valence-electron chi connectivity index (χ0n) is 11.5. The first-order valence-corrected chi connectivity index (χ1v) is 7.63. The smallest absolute Gasteiger partial charge is 0.225 e. The van der Waals surface area contributed by atoms with Crippen molar-refractivity contribution in [1.82, 2.24) is 10.2 Å². The molecule has 2 heterocycles. The van der Waals surface area contributed by atoms with E-state index in [9.17, 15) is 4.79 Å². The van der Waals surface area contributed by atoms with Crippen molar-refractivity contribution in [3.05, 3.63) is 0 Å². The molecule has 19 heavy (non-hydrogen) atoms. The number of carbonyl (C=O) groups is 1. The lowest BCUT2D eigenvalue weighted by atomic mass is 9.91. The van der Waals surface area contributed by atoms with E-state index >= 15 is 0 Å². The summed E-state index contributed by atoms with van der Waals surface area (Å²) in [5.74, 6) is 0.979. The van der Waals surface area contributed by atoms with E-state index in [0.29, 0.717) is 12.0 Å². The number of rotatable bonds is 1. The minimum absolute atomic E-state index is 0.119. The van der Waals surface area contributed by atoms with Crippen LogP contribution in [-0.4, -0.2) is 41.9 Å². The van der Waals surface area contributed by atoms with Crippen molar-refractivity contribution in [1.29, 1.82) is 0 Å². The van der Waals surface area contributed by atoms with Crippen LogP contribution in [0.2, 0.25) is 0 Å². The predicted octanol–water partition coefficient (Wildman–Crippen LogP) is 0.844. The lowest BCUT2D eigenvalue weighted by molar-refractivity contribution is -0.123. The van der Waals surface area contributed by atoms with Crippen LogP contribution in [-0.2, 0) is 4.79 Å². The minimum Gasteiger partial charge on any atom is -0.370 e. The predicted molar refractivity (Wildman–Crippen MR) is 74.7 cm³/mol. The van der Waals surface area contributed by atoms with E-state index < -0.39 is 0 Å². The highest BCUT2D eigenvalue weighted by Gasteiger charge is 2.41. The molecule has 5 heteroatoms. The monoisotopic (exact) mass is 264 g/mol. The summed E-state index contributed by atoms with van der Waals surface area (Å²) < 4.78 is 0. The first-order valence-electron chi connectivity index (χ1n) is 7.63. The Hall–Kier alpha value is -1.26. The molecule has 1 saturated carbocycles. The molecule has 0 aromatic rings. The quantitative estimate of drug-likeness (QED) is 0.545. The van der Waals surface area contributed by atoms with Crippen molar-refractivity contribution < 1.29 is 4.79 Å². The highest BCUT2D eigenvalue weighted by atomic mass is 16.2. The summed E-state index contributed by atoms with van der Waals surface area (Å²) >= 11 is 0. The number of hydrogen-bond acceptors (Lipinski definition) is 2. The number of amides is 1. The van der Waals surface area contributed by atoms with Gasteiger partial charge in [0.05, 0.1) is 18.0 Å². The molecule has 0 aromatic carbocycles. The van der Waals surface area contributed by atoms with E-state index in [2.05, 4.69) is 10.2 Å². The van der Waals surface area contributed by atoms with E-state index in [4.69, 9.17) is 10.7 Å². The lowest BCUT2D eigenvalue weighted by Crippen LogP contribution is -2.52. The van der Waals surface area contributed by atoms with Crippen LogP contribution in [0.25, 0.3) is 0 Å². The van der Waals surface area contributed by atoms with Gasteiger partial charge in [0, 0.05) is 13.1 Å². The van der Waals surface area contributed by atoms with E-state index in [1.807, 2.05) is 0 Å². The van der Waals surface area contributed by atoms with Crippen molar-refractivity contribution in [2.45, 2.75) is 57.0 Å². The van der Waals surface area contributed by atoms with E-state index in [1.165, 1.54) is 32.1 Å². The third-order valence-corrected chi connectivity index (χ3v) is 4.78. The largest absolute Gasteiger partial charge is 0.370 e. The van der Waals surface area contributed by atoms with Crippen LogP contribution in [0.1, 0.15) is 44.9 Å². The second-order valence-corrected chi connectivity index (χ2v) is 6.03. The Morgan fingerprint density at radius 3 is 2.79 bits per heavy atom. The summed E-state index contributed by atoms with van der Waals surface area (Å²) in [5.41, 5.74) is 6.22. The third kappa shape index (κ3) is 2.55. The molecule has 0 radical (unpaired) electrons. The highest BCUT2D eigenvalue weighted by Crippen LogP contribution is 2.27. The lowest BCUT2D eigenvalue weighted by Gasteiger charge is -2.37. The first kappa shape index (κ1) is 12.8. The molecule has 0 aromatic heterocycles. The standard InChI is InChI=1S/C14H24N4O/c15-14(17-10-5-2-1-3-6-10)18-8-4-7-11-12(18)9-16-13(11)19/h10-12H,1-9H2,(H2,15,17)(H,16,19). The summed E-state index contributed by atoms with van der Waals surface area (Å²) in [6, 6.07) is 0.632. The van der Waals surface area contributed by atoms with Gasteiger partial charge in [-0.05, 0) is 25.7 Å². The Morgan fingerprint density at radius 1 is 1.21 bits per heavy atom. The van der Waals surface area contributed by atoms with Gasteiger partial charge >= 0.3 is 0 Å². The van der Waals surface area contributed by atoms with Gasteiger partial charge in [0.2, 0.25) is 5.91 Å². The fourth-order valence-corrected chi connectivity index (χ4v) is 3.71. The fourth-order valence-electron chi connectivity index (χ4n) is 3.71. The summed E-state index contributed by atoms with van der Waals surface area (Å²) in [4.78, 5) is 18.6. The van der Waals surface area contributed by atoms with Crippen LogP contribution < -0.4 is 11.1 Å². The maximum atomic E-state index is 11.7. The summed E-state index contributed by atoms with van der Waals surface area (Å²) in [5, 5.41) is 2.96. The molecule has 0 bridgehead atoms. The van der Waals surface area contributed by atoms with Crippen LogP contribution in [0, 0.1) is 5.92 Å². The van der Waals surface area contributed by atoms with Gasteiger partial charge in [-0.1, -0.05) is 19.3 Å². The Bertz CT molecular complexity index is 376. The molecular formula is C14H24N4O. The zero-order chi connectivity index (χ0) is 13.2. The molecule has 0 spiro atoms. The number of nitrogens with zero attached hydrogens (tertiary/aromatic N) is 2. The number of likely N-dealkylation sites (tertiary alicyclic amines) is 1. The Balaban J connectivity index is 1.69. The molecule has 2 unspecified atom stereocenters. The number of fused-ring (bicyclic) bond motifs is 1. The highest BCUT2D eigenvalue weighted by molar-refractivity contribution is 5.85. The van der Waals surface area contributed by atoms with Gasteiger partial charge < -0.3 is 16.0 Å². The molecule has 3 aliphatic rings.